The second-order valence-electron chi connectivity index (χ2n) is 7.21. The lowest BCUT2D eigenvalue weighted by Gasteiger charge is -2.40. The fraction of sp³-hybridized carbons (Fsp3) is 0.875. The summed E-state index contributed by atoms with van der Waals surface area (Å²) in [5.74, 6) is 2.26. The third kappa shape index (κ3) is 5.28. The molecule has 0 radical (unpaired) electrons. The van der Waals surface area contributed by atoms with Crippen molar-refractivity contribution in [2.24, 2.45) is 0 Å². The van der Waals surface area contributed by atoms with Crippen molar-refractivity contribution in [3.8, 4) is 0 Å². The van der Waals surface area contributed by atoms with E-state index in [1.807, 2.05) is 44.5 Å². The highest BCUT2D eigenvalue weighted by atomic mass is 32.2. The Morgan fingerprint density at radius 2 is 1.78 bits per heavy atom. The van der Waals surface area contributed by atoms with E-state index in [0.717, 1.165) is 31.0 Å². The molecule has 2 rings (SSSR count). The van der Waals surface area contributed by atoms with Crippen LogP contribution < -0.4 is 0 Å². The molecule has 132 valence electrons. The van der Waals surface area contributed by atoms with Gasteiger partial charge in [-0.25, -0.2) is 4.79 Å². The number of rotatable bonds is 1. The molecule has 2 aliphatic rings. The van der Waals surface area contributed by atoms with Gasteiger partial charge in [0, 0.05) is 38.5 Å². The topological polar surface area (TPSA) is 53.1 Å². The molecule has 2 heterocycles. The maximum atomic E-state index is 12.9. The predicted molar refractivity (Wildman–Crippen MR) is 92.7 cm³/mol. The van der Waals surface area contributed by atoms with Gasteiger partial charge in [0.2, 0.25) is 5.91 Å². The summed E-state index contributed by atoms with van der Waals surface area (Å²) in [4.78, 5) is 30.8. The lowest BCUT2D eigenvalue weighted by molar-refractivity contribution is -0.138. The van der Waals surface area contributed by atoms with Gasteiger partial charge in [-0.1, -0.05) is 0 Å². The largest absolute Gasteiger partial charge is 0.444 e. The lowest BCUT2D eigenvalue weighted by atomic mass is 10.1. The van der Waals surface area contributed by atoms with Crippen molar-refractivity contribution in [1.29, 1.82) is 0 Å². The van der Waals surface area contributed by atoms with Crippen LogP contribution in [0.3, 0.4) is 0 Å². The highest BCUT2D eigenvalue weighted by Gasteiger charge is 2.36. The Balaban J connectivity index is 1.99. The van der Waals surface area contributed by atoms with Crippen LogP contribution >= 0.6 is 11.8 Å². The van der Waals surface area contributed by atoms with E-state index in [4.69, 9.17) is 4.74 Å². The molecule has 2 saturated heterocycles. The van der Waals surface area contributed by atoms with Crippen molar-refractivity contribution >= 4 is 23.8 Å². The molecule has 0 aliphatic carbocycles. The lowest BCUT2D eigenvalue weighted by Crippen LogP contribution is -2.60. The molecule has 7 heteroatoms. The van der Waals surface area contributed by atoms with Gasteiger partial charge < -0.3 is 14.5 Å². The van der Waals surface area contributed by atoms with Crippen LogP contribution in [0.4, 0.5) is 4.79 Å². The molecular formula is C16H29N3O3S. The van der Waals surface area contributed by atoms with E-state index in [9.17, 15) is 9.59 Å². The van der Waals surface area contributed by atoms with Gasteiger partial charge in [-0.15, -0.1) is 0 Å². The zero-order chi connectivity index (χ0) is 17.0. The average molecular weight is 343 g/mol. The summed E-state index contributed by atoms with van der Waals surface area (Å²) < 4.78 is 5.45. The minimum Gasteiger partial charge on any atom is -0.444 e. The van der Waals surface area contributed by atoms with Crippen molar-refractivity contribution in [2.75, 3.05) is 51.3 Å². The first-order valence-corrected chi connectivity index (χ1v) is 9.48. The minimum atomic E-state index is -0.512. The smallest absolute Gasteiger partial charge is 0.410 e. The van der Waals surface area contributed by atoms with E-state index < -0.39 is 5.60 Å². The number of thioether (sulfide) groups is 1. The molecule has 2 fully saturated rings. The molecule has 2 amide bonds. The number of ether oxygens (including phenoxy) is 1. The Kier molecular flexibility index (Phi) is 6.19. The molecule has 0 aromatic carbocycles. The summed E-state index contributed by atoms with van der Waals surface area (Å²) in [6, 6.07) is -0.264. The minimum absolute atomic E-state index is 0.142. The molecule has 1 atom stereocenters. The molecule has 0 aromatic heterocycles. The number of carbonyl (C=O) groups excluding carboxylic acids is 2. The van der Waals surface area contributed by atoms with Crippen molar-refractivity contribution in [1.82, 2.24) is 14.7 Å². The normalized spacial score (nSPS) is 24.3. The summed E-state index contributed by atoms with van der Waals surface area (Å²) in [5.41, 5.74) is -0.512. The van der Waals surface area contributed by atoms with Crippen LogP contribution in [0.15, 0.2) is 0 Å². The summed E-state index contributed by atoms with van der Waals surface area (Å²) in [7, 11) is 1.96. The fourth-order valence-corrected chi connectivity index (χ4v) is 3.70. The summed E-state index contributed by atoms with van der Waals surface area (Å²) in [6.45, 7) is 8.91. The Morgan fingerprint density at radius 3 is 2.48 bits per heavy atom. The van der Waals surface area contributed by atoms with E-state index in [1.54, 1.807) is 4.90 Å². The van der Waals surface area contributed by atoms with Crippen LogP contribution in [0.5, 0.6) is 0 Å². The number of hydrogen-bond acceptors (Lipinski definition) is 5. The first-order valence-electron chi connectivity index (χ1n) is 8.32. The standard InChI is InChI=1S/C16H29N3O3S/c1-16(2,3)22-15(21)19-8-7-17(4)13(12-19)14(20)18-6-5-10-23-11-9-18/h13H,5-12H2,1-4H3. The number of likely N-dealkylation sites (N-methyl/N-ethyl adjacent to an activating group) is 1. The molecule has 0 saturated carbocycles. The quantitative estimate of drug-likeness (QED) is 0.722. The van der Waals surface area contributed by atoms with Gasteiger partial charge in [0.15, 0.2) is 0 Å². The maximum absolute atomic E-state index is 12.9. The Morgan fingerprint density at radius 1 is 1.04 bits per heavy atom. The highest BCUT2D eigenvalue weighted by molar-refractivity contribution is 7.99. The number of piperazine rings is 1. The van der Waals surface area contributed by atoms with E-state index in [2.05, 4.69) is 4.90 Å². The molecule has 2 aliphatic heterocycles. The van der Waals surface area contributed by atoms with Gasteiger partial charge in [-0.2, -0.15) is 11.8 Å². The zero-order valence-electron chi connectivity index (χ0n) is 14.7. The SMILES string of the molecule is CN1CCN(C(=O)OC(C)(C)C)CC1C(=O)N1CCCSCC1. The van der Waals surface area contributed by atoms with Gasteiger partial charge in [0.05, 0.1) is 0 Å². The van der Waals surface area contributed by atoms with Crippen molar-refractivity contribution in [3.63, 3.8) is 0 Å². The van der Waals surface area contributed by atoms with Crippen LogP contribution in [-0.2, 0) is 9.53 Å². The Hall–Kier alpha value is -0.950. The summed E-state index contributed by atoms with van der Waals surface area (Å²) in [5, 5.41) is 0. The molecule has 6 nitrogen and oxygen atoms in total. The third-order valence-corrected chi connectivity index (χ3v) is 5.17. The van der Waals surface area contributed by atoms with Crippen LogP contribution in [0.2, 0.25) is 0 Å². The third-order valence-electron chi connectivity index (χ3n) is 4.12. The van der Waals surface area contributed by atoms with Crippen LogP contribution in [0.25, 0.3) is 0 Å². The molecule has 1 unspecified atom stereocenters. The highest BCUT2D eigenvalue weighted by Crippen LogP contribution is 2.17. The van der Waals surface area contributed by atoms with E-state index >= 15 is 0 Å². The molecule has 0 bridgehead atoms. The predicted octanol–water partition coefficient (Wildman–Crippen LogP) is 1.50. The van der Waals surface area contributed by atoms with Crippen LogP contribution in [-0.4, -0.2) is 89.6 Å². The van der Waals surface area contributed by atoms with E-state index in [-0.39, 0.29) is 18.0 Å². The monoisotopic (exact) mass is 343 g/mol. The number of nitrogens with zero attached hydrogens (tertiary/aromatic N) is 3. The zero-order valence-corrected chi connectivity index (χ0v) is 15.5. The fourth-order valence-electron chi connectivity index (χ4n) is 2.81. The molecular weight excluding hydrogens is 314 g/mol. The van der Waals surface area contributed by atoms with Crippen LogP contribution in [0.1, 0.15) is 27.2 Å². The van der Waals surface area contributed by atoms with Gasteiger partial charge >= 0.3 is 6.09 Å². The number of hydrogen-bond donors (Lipinski definition) is 0. The first-order chi connectivity index (χ1) is 10.8. The molecule has 23 heavy (non-hydrogen) atoms. The Bertz CT molecular complexity index is 431. The maximum Gasteiger partial charge on any atom is 0.410 e. The van der Waals surface area contributed by atoms with Gasteiger partial charge in [0.1, 0.15) is 11.6 Å². The number of carbonyl (C=O) groups is 2. The van der Waals surface area contributed by atoms with E-state index in [1.165, 1.54) is 0 Å². The van der Waals surface area contributed by atoms with Crippen LogP contribution in [0, 0.1) is 0 Å². The van der Waals surface area contributed by atoms with Gasteiger partial charge in [0.25, 0.3) is 0 Å². The van der Waals surface area contributed by atoms with Gasteiger partial charge in [-0.05, 0) is 40.0 Å². The van der Waals surface area contributed by atoms with Gasteiger partial charge in [-0.3, -0.25) is 9.69 Å². The first kappa shape index (κ1) is 18.4. The second-order valence-corrected chi connectivity index (χ2v) is 8.44. The van der Waals surface area contributed by atoms with Crippen molar-refractivity contribution in [2.45, 2.75) is 38.8 Å². The Labute approximate surface area is 143 Å². The second kappa shape index (κ2) is 7.75. The average Bonchev–Trinajstić information content (AvgIpc) is 2.74. The summed E-state index contributed by atoms with van der Waals surface area (Å²) >= 11 is 1.90. The van der Waals surface area contributed by atoms with Crippen molar-refractivity contribution in [3.05, 3.63) is 0 Å². The van der Waals surface area contributed by atoms with E-state index in [0.29, 0.717) is 19.6 Å². The molecule has 0 aromatic rings. The molecule has 0 N–H and O–H groups in total. The van der Waals surface area contributed by atoms with Crippen molar-refractivity contribution < 1.29 is 14.3 Å². The number of amides is 2. The molecule has 0 spiro atoms. The summed E-state index contributed by atoms with van der Waals surface area (Å²) in [6.07, 6.45) is 0.720.